The Labute approximate surface area is 118 Å². The monoisotopic (exact) mass is 276 g/mol. The van der Waals surface area contributed by atoms with Crippen LogP contribution in [0.2, 0.25) is 0 Å². The summed E-state index contributed by atoms with van der Waals surface area (Å²) in [6, 6.07) is 5.94. The molecule has 1 amide bonds. The van der Waals surface area contributed by atoms with Crippen LogP contribution in [-0.4, -0.2) is 35.5 Å². The van der Waals surface area contributed by atoms with Gasteiger partial charge in [0.25, 0.3) is 5.91 Å². The van der Waals surface area contributed by atoms with Crippen LogP contribution in [0, 0.1) is 0 Å². The quantitative estimate of drug-likeness (QED) is 0.816. The molecular weight excluding hydrogens is 258 g/mol. The molecule has 0 N–H and O–H groups in total. The van der Waals surface area contributed by atoms with E-state index in [0.29, 0.717) is 30.7 Å². The molecule has 1 aromatic carbocycles. The first-order chi connectivity index (χ1) is 9.49. The van der Waals surface area contributed by atoms with Crippen LogP contribution < -0.4 is 9.84 Å². The molecule has 0 aromatic heterocycles. The van der Waals surface area contributed by atoms with Crippen molar-refractivity contribution in [1.82, 2.24) is 4.90 Å². The molecule has 5 heteroatoms. The zero-order valence-corrected chi connectivity index (χ0v) is 11.7. The molecule has 1 saturated heterocycles. The van der Waals surface area contributed by atoms with Crippen molar-refractivity contribution in [2.24, 2.45) is 0 Å². The molecule has 1 aromatic rings. The average Bonchev–Trinajstić information content (AvgIpc) is 2.87. The minimum absolute atomic E-state index is 0.0672. The molecule has 1 fully saturated rings. The molecule has 0 spiro atoms. The third-order valence-corrected chi connectivity index (χ3v) is 3.26. The smallest absolute Gasteiger partial charge is 0.254 e. The van der Waals surface area contributed by atoms with E-state index < -0.39 is 12.0 Å². The number of carbonyl (C=O) groups excluding carboxylic acids is 2. The molecule has 0 saturated carbocycles. The number of aliphatic carboxylic acids is 1. The molecule has 1 unspecified atom stereocenters. The molecular formula is C15H18NO4-. The van der Waals surface area contributed by atoms with Gasteiger partial charge in [-0.25, -0.2) is 0 Å². The predicted molar refractivity (Wildman–Crippen MR) is 71.3 cm³/mol. The number of carbonyl (C=O) groups is 2. The number of benzene rings is 1. The topological polar surface area (TPSA) is 69.7 Å². The molecule has 0 bridgehead atoms. The minimum Gasteiger partial charge on any atom is -0.548 e. The summed E-state index contributed by atoms with van der Waals surface area (Å²) >= 11 is 0. The minimum atomic E-state index is -1.18. The summed E-state index contributed by atoms with van der Waals surface area (Å²) in [5.41, 5.74) is 0.467. The van der Waals surface area contributed by atoms with Gasteiger partial charge in [-0.05, 0) is 51.0 Å². The van der Waals surface area contributed by atoms with E-state index >= 15 is 0 Å². The maximum atomic E-state index is 12.3. The largest absolute Gasteiger partial charge is 0.548 e. The van der Waals surface area contributed by atoms with Gasteiger partial charge in [-0.3, -0.25) is 4.79 Å². The van der Waals surface area contributed by atoms with E-state index in [4.69, 9.17) is 4.74 Å². The van der Waals surface area contributed by atoms with Crippen LogP contribution in [0.25, 0.3) is 0 Å². The van der Waals surface area contributed by atoms with Crippen LogP contribution >= 0.6 is 0 Å². The van der Waals surface area contributed by atoms with E-state index in [0.717, 1.165) is 0 Å². The van der Waals surface area contributed by atoms with Crippen LogP contribution in [-0.2, 0) is 4.79 Å². The van der Waals surface area contributed by atoms with Gasteiger partial charge in [0, 0.05) is 12.1 Å². The Morgan fingerprint density at radius 3 is 2.50 bits per heavy atom. The second-order valence-electron chi connectivity index (χ2n) is 5.17. The Hall–Kier alpha value is -2.04. The summed E-state index contributed by atoms with van der Waals surface area (Å²) in [6.07, 6.45) is 1.22. The summed E-state index contributed by atoms with van der Waals surface area (Å²) in [7, 11) is 0. The summed E-state index contributed by atoms with van der Waals surface area (Å²) in [4.78, 5) is 24.7. The maximum Gasteiger partial charge on any atom is 0.254 e. The highest BCUT2D eigenvalue weighted by Crippen LogP contribution is 2.21. The normalized spacial score (nSPS) is 18.4. The SMILES string of the molecule is CC(C)Oc1ccc(C(=O)N2CCCC2C(=O)[O-])cc1. The zero-order valence-electron chi connectivity index (χ0n) is 11.7. The third-order valence-electron chi connectivity index (χ3n) is 3.26. The Bertz CT molecular complexity index is 495. The summed E-state index contributed by atoms with van der Waals surface area (Å²) in [6.45, 7) is 4.31. The summed E-state index contributed by atoms with van der Waals surface area (Å²) < 4.78 is 5.50. The van der Waals surface area contributed by atoms with Gasteiger partial charge >= 0.3 is 0 Å². The van der Waals surface area contributed by atoms with Crippen molar-refractivity contribution in [3.8, 4) is 5.75 Å². The molecule has 1 aliphatic rings. The van der Waals surface area contributed by atoms with Crippen LogP contribution in [0.15, 0.2) is 24.3 Å². The number of amides is 1. The highest BCUT2D eigenvalue weighted by Gasteiger charge is 2.30. The number of ether oxygens (including phenoxy) is 1. The summed E-state index contributed by atoms with van der Waals surface area (Å²) in [5, 5.41) is 11.0. The Morgan fingerprint density at radius 2 is 1.95 bits per heavy atom. The average molecular weight is 276 g/mol. The van der Waals surface area contributed by atoms with Crippen molar-refractivity contribution in [1.29, 1.82) is 0 Å². The fourth-order valence-electron chi connectivity index (χ4n) is 2.37. The van der Waals surface area contributed by atoms with Gasteiger partial charge in [0.05, 0.1) is 18.1 Å². The number of carboxylic acid groups (broad SMARTS) is 1. The maximum absolute atomic E-state index is 12.3. The van der Waals surface area contributed by atoms with Crippen molar-refractivity contribution in [2.45, 2.75) is 38.8 Å². The van der Waals surface area contributed by atoms with Gasteiger partial charge in [0.15, 0.2) is 0 Å². The zero-order chi connectivity index (χ0) is 14.7. The molecule has 0 radical (unpaired) electrons. The van der Waals surface area contributed by atoms with Gasteiger partial charge in [-0.1, -0.05) is 0 Å². The molecule has 2 rings (SSSR count). The number of hydrogen-bond acceptors (Lipinski definition) is 4. The molecule has 20 heavy (non-hydrogen) atoms. The number of nitrogens with zero attached hydrogens (tertiary/aromatic N) is 1. The lowest BCUT2D eigenvalue weighted by Crippen LogP contribution is -2.46. The fourth-order valence-corrected chi connectivity index (χ4v) is 2.37. The Balaban J connectivity index is 2.11. The lowest BCUT2D eigenvalue weighted by molar-refractivity contribution is -0.310. The fraction of sp³-hybridized carbons (Fsp3) is 0.467. The molecule has 0 aliphatic carbocycles. The molecule has 1 atom stereocenters. The molecule has 108 valence electrons. The van der Waals surface area contributed by atoms with Crippen molar-refractivity contribution < 1.29 is 19.4 Å². The van der Waals surface area contributed by atoms with Crippen LogP contribution in [0.1, 0.15) is 37.0 Å². The highest BCUT2D eigenvalue weighted by atomic mass is 16.5. The van der Waals surface area contributed by atoms with E-state index in [1.54, 1.807) is 24.3 Å². The third kappa shape index (κ3) is 3.10. The summed E-state index contributed by atoms with van der Waals surface area (Å²) in [5.74, 6) is -0.766. The van der Waals surface area contributed by atoms with Crippen LogP contribution in [0.4, 0.5) is 0 Å². The van der Waals surface area contributed by atoms with Crippen molar-refractivity contribution in [3.63, 3.8) is 0 Å². The Morgan fingerprint density at radius 1 is 1.30 bits per heavy atom. The van der Waals surface area contributed by atoms with Crippen molar-refractivity contribution >= 4 is 11.9 Å². The van der Waals surface area contributed by atoms with E-state index in [2.05, 4.69) is 0 Å². The second kappa shape index (κ2) is 5.94. The van der Waals surface area contributed by atoms with Gasteiger partial charge < -0.3 is 19.5 Å². The first-order valence-corrected chi connectivity index (χ1v) is 6.77. The van der Waals surface area contributed by atoms with Crippen molar-refractivity contribution in [2.75, 3.05) is 6.54 Å². The van der Waals surface area contributed by atoms with Gasteiger partial charge in [0.1, 0.15) is 5.75 Å². The number of hydrogen-bond donors (Lipinski definition) is 0. The van der Waals surface area contributed by atoms with Gasteiger partial charge in [-0.15, -0.1) is 0 Å². The predicted octanol–water partition coefficient (Wildman–Crippen LogP) is 0.828. The second-order valence-corrected chi connectivity index (χ2v) is 5.17. The van der Waals surface area contributed by atoms with Crippen LogP contribution in [0.3, 0.4) is 0 Å². The first-order valence-electron chi connectivity index (χ1n) is 6.77. The first kappa shape index (κ1) is 14.4. The lowest BCUT2D eigenvalue weighted by atomic mass is 10.1. The van der Waals surface area contributed by atoms with Gasteiger partial charge in [-0.2, -0.15) is 0 Å². The van der Waals surface area contributed by atoms with E-state index in [9.17, 15) is 14.7 Å². The van der Waals surface area contributed by atoms with E-state index in [1.807, 2.05) is 13.8 Å². The Kier molecular flexibility index (Phi) is 4.27. The number of carboxylic acids is 1. The highest BCUT2D eigenvalue weighted by molar-refractivity contribution is 5.96. The van der Waals surface area contributed by atoms with E-state index in [1.165, 1.54) is 4.90 Å². The lowest BCUT2D eigenvalue weighted by Gasteiger charge is -2.25. The molecule has 5 nitrogen and oxygen atoms in total. The van der Waals surface area contributed by atoms with Gasteiger partial charge in [0.2, 0.25) is 0 Å². The number of rotatable bonds is 4. The molecule has 1 aliphatic heterocycles. The van der Waals surface area contributed by atoms with E-state index in [-0.39, 0.29) is 12.0 Å². The number of likely N-dealkylation sites (tertiary alicyclic amines) is 1. The standard InChI is InChI=1S/C15H19NO4/c1-10(2)20-12-7-5-11(6-8-12)14(17)16-9-3-4-13(16)15(18)19/h5-8,10,13H,3-4,9H2,1-2H3,(H,18,19)/p-1. The van der Waals surface area contributed by atoms with Crippen LogP contribution in [0.5, 0.6) is 5.75 Å². The van der Waals surface area contributed by atoms with Crippen molar-refractivity contribution in [3.05, 3.63) is 29.8 Å². The molecule has 1 heterocycles.